The quantitative estimate of drug-likeness (QED) is 0.746. The van der Waals surface area contributed by atoms with Crippen molar-refractivity contribution >= 4 is 17.6 Å². The van der Waals surface area contributed by atoms with Gasteiger partial charge in [-0.2, -0.15) is 23.1 Å². The number of halogens is 3. The van der Waals surface area contributed by atoms with Gasteiger partial charge in [0.05, 0.1) is 0 Å². The van der Waals surface area contributed by atoms with Gasteiger partial charge < -0.3 is 26.0 Å². The summed E-state index contributed by atoms with van der Waals surface area (Å²) in [5.41, 5.74) is 5.65. The van der Waals surface area contributed by atoms with Gasteiger partial charge in [-0.05, 0) is 20.9 Å². The molecule has 1 aliphatic rings. The number of aromatic nitrogens is 2. The van der Waals surface area contributed by atoms with E-state index in [1.54, 1.807) is 0 Å². The molecule has 1 unspecified atom stereocenters. The van der Waals surface area contributed by atoms with Gasteiger partial charge in [0.25, 0.3) is 0 Å². The van der Waals surface area contributed by atoms with Gasteiger partial charge in [0.2, 0.25) is 11.7 Å². The molecule has 7 nitrogen and oxygen atoms in total. The predicted octanol–water partition coefficient (Wildman–Crippen LogP) is 1.23. The highest BCUT2D eigenvalue weighted by Crippen LogP contribution is 2.39. The smallest absolute Gasteiger partial charge is 0.411 e. The molecule has 0 amide bonds. The number of hydrogen-bond donors (Lipinski definition) is 3. The molecule has 0 saturated heterocycles. The molecule has 2 atom stereocenters. The Morgan fingerprint density at radius 1 is 1.48 bits per heavy atom. The number of nitrogen functional groups attached to an aromatic ring is 1. The molecule has 0 bridgehead atoms. The Morgan fingerprint density at radius 3 is 2.74 bits per heavy atom. The van der Waals surface area contributed by atoms with Crippen molar-refractivity contribution in [3.05, 3.63) is 0 Å². The Balaban J connectivity index is 2.34. The summed E-state index contributed by atoms with van der Waals surface area (Å²) >= 11 is 0. The van der Waals surface area contributed by atoms with Crippen molar-refractivity contribution in [1.29, 1.82) is 0 Å². The Bertz CT molecular complexity index is 553. The molecule has 130 valence electrons. The highest BCUT2D eigenvalue weighted by atomic mass is 19.4. The van der Waals surface area contributed by atoms with Crippen LogP contribution in [0.2, 0.25) is 0 Å². The number of likely N-dealkylation sites (N-methyl/N-ethyl adjacent to an activating group) is 2. The molecule has 0 aliphatic carbocycles. The number of ether oxygens (including phenoxy) is 1. The van der Waals surface area contributed by atoms with Crippen LogP contribution in [-0.4, -0.2) is 55.0 Å². The zero-order valence-electron chi connectivity index (χ0n) is 13.2. The summed E-state index contributed by atoms with van der Waals surface area (Å²) in [4.78, 5) is 9.88. The van der Waals surface area contributed by atoms with Crippen molar-refractivity contribution in [1.82, 2.24) is 15.3 Å². The van der Waals surface area contributed by atoms with Crippen LogP contribution in [0, 0.1) is 0 Å². The summed E-state index contributed by atoms with van der Waals surface area (Å²) in [6.45, 7) is 4.57. The Labute approximate surface area is 132 Å². The molecule has 0 fully saturated rings. The van der Waals surface area contributed by atoms with E-state index in [0.29, 0.717) is 18.9 Å². The van der Waals surface area contributed by atoms with E-state index in [0.717, 1.165) is 0 Å². The van der Waals surface area contributed by atoms with Crippen LogP contribution in [0.4, 0.5) is 30.8 Å². The van der Waals surface area contributed by atoms with Crippen LogP contribution in [0.3, 0.4) is 0 Å². The molecule has 0 spiro atoms. The van der Waals surface area contributed by atoms with Crippen molar-refractivity contribution in [2.75, 3.05) is 42.7 Å². The molecular weight excluding hydrogens is 313 g/mol. The van der Waals surface area contributed by atoms with Gasteiger partial charge >= 0.3 is 6.18 Å². The third-order valence-corrected chi connectivity index (χ3v) is 3.63. The fourth-order valence-corrected chi connectivity index (χ4v) is 2.24. The maximum Gasteiger partial charge on any atom is 0.411 e. The van der Waals surface area contributed by atoms with Gasteiger partial charge in [-0.15, -0.1) is 0 Å². The lowest BCUT2D eigenvalue weighted by Gasteiger charge is -2.32. The van der Waals surface area contributed by atoms with Crippen LogP contribution >= 0.6 is 0 Å². The van der Waals surface area contributed by atoms with Gasteiger partial charge in [-0.25, -0.2) is 0 Å². The lowest BCUT2D eigenvalue weighted by atomic mass is 10.2. The summed E-state index contributed by atoms with van der Waals surface area (Å²) in [5, 5.41) is 5.44. The Kier molecular flexibility index (Phi) is 5.03. The molecule has 0 aromatic carbocycles. The Morgan fingerprint density at radius 2 is 2.17 bits per heavy atom. The molecule has 1 aliphatic heterocycles. The van der Waals surface area contributed by atoms with Gasteiger partial charge in [0, 0.05) is 19.1 Å². The molecule has 2 rings (SSSR count). The molecule has 1 aromatic heterocycles. The van der Waals surface area contributed by atoms with Crippen molar-refractivity contribution in [2.24, 2.45) is 0 Å². The van der Waals surface area contributed by atoms with E-state index in [1.807, 2.05) is 25.8 Å². The lowest BCUT2D eigenvalue weighted by molar-refractivity contribution is -0.149. The average molecular weight is 334 g/mol. The van der Waals surface area contributed by atoms with Gasteiger partial charge in [0.1, 0.15) is 6.61 Å². The monoisotopic (exact) mass is 334 g/mol. The minimum atomic E-state index is -4.43. The fourth-order valence-electron chi connectivity index (χ4n) is 2.24. The minimum absolute atomic E-state index is 0.0309. The molecule has 0 radical (unpaired) electrons. The number of alkyl halides is 3. The normalized spacial score (nSPS) is 18.6. The number of nitrogens with two attached hydrogens (primary N) is 1. The van der Waals surface area contributed by atoms with Crippen LogP contribution in [0.15, 0.2) is 0 Å². The van der Waals surface area contributed by atoms with Crippen molar-refractivity contribution < 1.29 is 17.9 Å². The van der Waals surface area contributed by atoms with E-state index in [9.17, 15) is 13.2 Å². The number of hydrogen-bond acceptors (Lipinski definition) is 7. The van der Waals surface area contributed by atoms with E-state index in [1.165, 1.54) is 0 Å². The summed E-state index contributed by atoms with van der Waals surface area (Å²) in [6, 6.07) is -1.66. The SMILES string of the molecule is CCN(C[C@@H](C)NC)c1nc(N)nc2c1OCC(C(F)(F)F)N2. The van der Waals surface area contributed by atoms with Crippen LogP contribution in [0.1, 0.15) is 13.8 Å². The molecule has 23 heavy (non-hydrogen) atoms. The van der Waals surface area contributed by atoms with Gasteiger partial charge in [-0.1, -0.05) is 0 Å². The lowest BCUT2D eigenvalue weighted by Crippen LogP contribution is -2.45. The molecule has 10 heteroatoms. The maximum absolute atomic E-state index is 12.8. The van der Waals surface area contributed by atoms with E-state index in [4.69, 9.17) is 10.5 Å². The first-order chi connectivity index (χ1) is 10.8. The first-order valence-electron chi connectivity index (χ1n) is 7.32. The van der Waals surface area contributed by atoms with Crippen LogP contribution in [-0.2, 0) is 0 Å². The van der Waals surface area contributed by atoms with E-state index in [2.05, 4.69) is 20.6 Å². The highest BCUT2D eigenvalue weighted by Gasteiger charge is 2.44. The predicted molar refractivity (Wildman–Crippen MR) is 81.8 cm³/mol. The fraction of sp³-hybridized carbons (Fsp3) is 0.692. The summed E-state index contributed by atoms with van der Waals surface area (Å²) in [6.07, 6.45) is -4.43. The molecule has 2 heterocycles. The minimum Gasteiger partial charge on any atom is -0.484 e. The average Bonchev–Trinajstić information content (AvgIpc) is 2.50. The summed E-state index contributed by atoms with van der Waals surface area (Å²) in [5.74, 6) is 0.458. The van der Waals surface area contributed by atoms with Gasteiger partial charge in [-0.3, -0.25) is 0 Å². The van der Waals surface area contributed by atoms with Gasteiger partial charge in [0.15, 0.2) is 17.7 Å². The standard InChI is InChI=1S/C13H21F3N6O/c1-4-22(5-7(2)18-3)11-9-10(20-12(17)21-11)19-8(6-23-9)13(14,15)16/h7-8,18H,4-6H2,1-3H3,(H3,17,19,20,21)/t7-,8?/m1/s1. The number of fused-ring (bicyclic) bond motifs is 1. The van der Waals surface area contributed by atoms with Crippen molar-refractivity contribution in [3.63, 3.8) is 0 Å². The van der Waals surface area contributed by atoms with Crippen LogP contribution in [0.5, 0.6) is 5.75 Å². The topological polar surface area (TPSA) is 88.3 Å². The second-order valence-corrected chi connectivity index (χ2v) is 5.36. The zero-order chi connectivity index (χ0) is 17.2. The number of nitrogens with one attached hydrogen (secondary N) is 2. The molecule has 0 saturated carbocycles. The van der Waals surface area contributed by atoms with Crippen molar-refractivity contribution in [3.8, 4) is 5.75 Å². The first-order valence-corrected chi connectivity index (χ1v) is 7.32. The Hall–Kier alpha value is -1.97. The molecule has 1 aromatic rings. The largest absolute Gasteiger partial charge is 0.484 e. The van der Waals surface area contributed by atoms with Crippen molar-refractivity contribution in [2.45, 2.75) is 32.1 Å². The third-order valence-electron chi connectivity index (χ3n) is 3.63. The number of nitrogens with zero attached hydrogens (tertiary/aromatic N) is 3. The van der Waals surface area contributed by atoms with Crippen LogP contribution in [0.25, 0.3) is 0 Å². The molecular formula is C13H21F3N6O. The first kappa shape index (κ1) is 17.4. The number of rotatable bonds is 5. The zero-order valence-corrected chi connectivity index (χ0v) is 13.2. The maximum atomic E-state index is 12.8. The summed E-state index contributed by atoms with van der Waals surface area (Å²) < 4.78 is 43.9. The van der Waals surface area contributed by atoms with E-state index < -0.39 is 18.8 Å². The second-order valence-electron chi connectivity index (χ2n) is 5.36. The number of anilines is 3. The second kappa shape index (κ2) is 6.65. The highest BCUT2D eigenvalue weighted by molar-refractivity contribution is 5.68. The van der Waals surface area contributed by atoms with E-state index >= 15 is 0 Å². The summed E-state index contributed by atoms with van der Waals surface area (Å²) in [7, 11) is 1.83. The van der Waals surface area contributed by atoms with E-state index in [-0.39, 0.29) is 23.6 Å². The van der Waals surface area contributed by atoms with Crippen LogP contribution < -0.4 is 26.0 Å². The molecule has 4 N–H and O–H groups in total. The third kappa shape index (κ3) is 3.87.